The van der Waals surface area contributed by atoms with Crippen LogP contribution in [0, 0.1) is 5.21 Å². The lowest BCUT2D eigenvalue weighted by molar-refractivity contribution is -0.720. The normalized spacial score (nSPS) is 22.6. The minimum atomic E-state index is -3.20. The van der Waals surface area contributed by atoms with E-state index in [-0.39, 0.29) is 18.2 Å². The van der Waals surface area contributed by atoms with E-state index in [9.17, 15) is 13.6 Å². The Kier molecular flexibility index (Phi) is 4.62. The smallest absolute Gasteiger partial charge is 0.233 e. The van der Waals surface area contributed by atoms with Crippen LogP contribution in [0.1, 0.15) is 27.2 Å². The lowest BCUT2D eigenvalue weighted by atomic mass is 10.1. The van der Waals surface area contributed by atoms with Crippen LogP contribution in [0.2, 0.25) is 0 Å². The van der Waals surface area contributed by atoms with Gasteiger partial charge in [0.15, 0.2) is 0 Å². The predicted molar refractivity (Wildman–Crippen MR) is 69.5 cm³/mol. The van der Waals surface area contributed by atoms with Gasteiger partial charge in [0.25, 0.3) is 0 Å². The molecule has 1 atom stereocenters. The van der Waals surface area contributed by atoms with Gasteiger partial charge in [-0.2, -0.15) is 4.31 Å². The summed E-state index contributed by atoms with van der Waals surface area (Å²) in [5, 5.41) is 16.5. The first kappa shape index (κ1) is 16.0. The third kappa shape index (κ3) is 4.50. The maximum absolute atomic E-state index is 11.6. The molecule has 1 saturated heterocycles. The molecular formula is C10H22N4O4S. The molecule has 0 radical (unpaired) electrons. The van der Waals surface area contributed by atoms with E-state index in [1.54, 1.807) is 7.05 Å². The molecule has 0 spiro atoms. The van der Waals surface area contributed by atoms with Crippen molar-refractivity contribution in [2.24, 2.45) is 5.28 Å². The summed E-state index contributed by atoms with van der Waals surface area (Å²) in [5.41, 5.74) is -0.372. The fourth-order valence-electron chi connectivity index (χ4n) is 1.50. The number of rotatable bonds is 4. The molecule has 0 amide bonds. The number of hydrogen-bond acceptors (Lipinski definition) is 5. The van der Waals surface area contributed by atoms with Crippen LogP contribution in [0.25, 0.3) is 0 Å². The van der Waals surface area contributed by atoms with E-state index in [1.807, 2.05) is 20.8 Å². The minimum Gasteiger partial charge on any atom is -0.569 e. The lowest BCUT2D eigenvalue weighted by Crippen LogP contribution is -2.42. The van der Waals surface area contributed by atoms with Gasteiger partial charge in [0.2, 0.25) is 15.3 Å². The van der Waals surface area contributed by atoms with E-state index >= 15 is 0 Å². The Morgan fingerprint density at radius 3 is 2.47 bits per heavy atom. The number of sulfonamides is 1. The molecule has 1 aliphatic rings. The third-order valence-corrected chi connectivity index (χ3v) is 4.34. The molecular weight excluding hydrogens is 272 g/mol. The summed E-state index contributed by atoms with van der Waals surface area (Å²) in [7, 11) is -1.60. The van der Waals surface area contributed by atoms with E-state index in [2.05, 4.69) is 5.28 Å². The highest BCUT2D eigenvalue weighted by molar-refractivity contribution is 7.88. The summed E-state index contributed by atoms with van der Waals surface area (Å²) in [6.45, 7) is 6.24. The fraction of sp³-hybridized carbons (Fsp3) is 1.00. The zero-order valence-electron chi connectivity index (χ0n) is 12.0. The van der Waals surface area contributed by atoms with Crippen molar-refractivity contribution in [2.45, 2.75) is 38.8 Å². The van der Waals surface area contributed by atoms with Gasteiger partial charge in [-0.05, 0) is 20.8 Å². The highest BCUT2D eigenvalue weighted by atomic mass is 32.2. The molecule has 0 unspecified atom stereocenters. The van der Waals surface area contributed by atoms with Crippen molar-refractivity contribution in [1.29, 1.82) is 0 Å². The molecule has 1 aliphatic heterocycles. The van der Waals surface area contributed by atoms with Crippen molar-refractivity contribution in [3.05, 3.63) is 5.21 Å². The van der Waals surface area contributed by atoms with Gasteiger partial charge >= 0.3 is 0 Å². The molecule has 1 heterocycles. The molecule has 8 nitrogen and oxygen atoms in total. The second kappa shape index (κ2) is 5.49. The van der Waals surface area contributed by atoms with Gasteiger partial charge in [-0.3, -0.25) is 0 Å². The molecule has 9 heteroatoms. The highest BCUT2D eigenvalue weighted by Gasteiger charge is 2.31. The van der Waals surface area contributed by atoms with Crippen LogP contribution in [0.15, 0.2) is 5.28 Å². The maximum Gasteiger partial charge on any atom is 0.233 e. The minimum absolute atomic E-state index is 0.232. The largest absolute Gasteiger partial charge is 0.569 e. The van der Waals surface area contributed by atoms with Crippen LogP contribution >= 0.6 is 0 Å². The summed E-state index contributed by atoms with van der Waals surface area (Å²) in [5.74, 6) is 0. The Labute approximate surface area is 114 Å². The molecule has 0 aromatic rings. The molecule has 0 saturated carbocycles. The second-order valence-electron chi connectivity index (χ2n) is 5.67. The van der Waals surface area contributed by atoms with Crippen molar-refractivity contribution >= 4 is 10.0 Å². The van der Waals surface area contributed by atoms with E-state index in [4.69, 9.17) is 4.84 Å². The first-order chi connectivity index (χ1) is 8.51. The average molecular weight is 294 g/mol. The average Bonchev–Trinajstić information content (AvgIpc) is 2.71. The monoisotopic (exact) mass is 294 g/mol. The van der Waals surface area contributed by atoms with Crippen LogP contribution in [0.5, 0.6) is 0 Å². The quantitative estimate of drug-likeness (QED) is 0.429. The standard InChI is InChI=1S/C10H22N4O4S/c1-10(2,3)12(4)14(15)11-18-9-6-7-13(8-9)19(5,16)17/h9H,6-8H2,1-5H3/b14-11-/t9-/m1/s1. The molecule has 0 aromatic carbocycles. The zero-order chi connectivity index (χ0) is 14.8. The predicted octanol–water partition coefficient (Wildman–Crippen LogP) is 0.560. The number of nitrogens with zero attached hydrogens (tertiary/aromatic N) is 4. The van der Waals surface area contributed by atoms with Crippen LogP contribution in [0.3, 0.4) is 0 Å². The number of hydrazine groups is 1. The Balaban J connectivity index is 2.55. The van der Waals surface area contributed by atoms with Crippen molar-refractivity contribution in [3.63, 3.8) is 0 Å². The molecule has 0 aromatic heterocycles. The topological polar surface area (TPSA) is 88.3 Å². The van der Waals surface area contributed by atoms with Crippen LogP contribution in [0.4, 0.5) is 0 Å². The van der Waals surface area contributed by atoms with Gasteiger partial charge in [-0.1, -0.05) is 0 Å². The van der Waals surface area contributed by atoms with Gasteiger partial charge in [-0.15, -0.1) is 5.01 Å². The Bertz CT molecular complexity index is 443. The van der Waals surface area contributed by atoms with E-state index in [0.29, 0.717) is 17.9 Å². The SMILES string of the molecule is CN(/[N+]([O-])=N/O[C@@H]1CCN(S(C)(=O)=O)C1)C(C)(C)C. The van der Waals surface area contributed by atoms with Gasteiger partial charge < -0.3 is 10.0 Å². The van der Waals surface area contributed by atoms with Crippen molar-refractivity contribution in [3.8, 4) is 0 Å². The summed E-state index contributed by atoms with van der Waals surface area (Å²) >= 11 is 0. The van der Waals surface area contributed by atoms with Crippen LogP contribution < -0.4 is 0 Å². The zero-order valence-corrected chi connectivity index (χ0v) is 12.8. The summed E-state index contributed by atoms with van der Waals surface area (Å²) < 4.78 is 23.9. The molecule has 0 N–H and O–H groups in total. The summed E-state index contributed by atoms with van der Waals surface area (Å²) in [4.78, 5) is 5.48. The first-order valence-corrected chi connectivity index (χ1v) is 7.89. The van der Waals surface area contributed by atoms with E-state index in [0.717, 1.165) is 6.26 Å². The Hall–Kier alpha value is -1.09. The summed E-state index contributed by atoms with van der Waals surface area (Å²) in [6, 6.07) is 0. The molecule has 0 aliphatic carbocycles. The number of hydrogen-bond donors (Lipinski definition) is 0. The fourth-order valence-corrected chi connectivity index (χ4v) is 2.38. The second-order valence-corrected chi connectivity index (χ2v) is 7.65. The molecule has 1 rings (SSSR count). The van der Waals surface area contributed by atoms with Crippen LogP contribution in [-0.2, 0) is 14.9 Å². The Morgan fingerprint density at radius 1 is 1.47 bits per heavy atom. The lowest BCUT2D eigenvalue weighted by Gasteiger charge is -2.26. The van der Waals surface area contributed by atoms with Crippen molar-refractivity contribution < 1.29 is 18.2 Å². The molecule has 112 valence electrons. The van der Waals surface area contributed by atoms with Crippen molar-refractivity contribution in [1.82, 2.24) is 9.31 Å². The van der Waals surface area contributed by atoms with E-state index < -0.39 is 10.0 Å². The maximum atomic E-state index is 11.6. The van der Waals surface area contributed by atoms with Crippen LogP contribution in [-0.4, -0.2) is 60.7 Å². The molecule has 19 heavy (non-hydrogen) atoms. The van der Waals surface area contributed by atoms with Crippen molar-refractivity contribution in [2.75, 3.05) is 26.4 Å². The highest BCUT2D eigenvalue weighted by Crippen LogP contribution is 2.16. The first-order valence-electron chi connectivity index (χ1n) is 6.04. The van der Waals surface area contributed by atoms with E-state index in [1.165, 1.54) is 9.31 Å². The Morgan fingerprint density at radius 2 is 2.05 bits per heavy atom. The molecule has 0 bridgehead atoms. The van der Waals surface area contributed by atoms with Gasteiger partial charge in [0.1, 0.15) is 6.10 Å². The summed E-state index contributed by atoms with van der Waals surface area (Å²) in [6.07, 6.45) is 1.31. The van der Waals surface area contributed by atoms with Gasteiger partial charge in [0.05, 0.1) is 30.4 Å². The van der Waals surface area contributed by atoms with Gasteiger partial charge in [0, 0.05) is 13.0 Å². The van der Waals surface area contributed by atoms with Gasteiger partial charge in [-0.25, -0.2) is 8.42 Å². The third-order valence-electron chi connectivity index (χ3n) is 3.07. The molecule has 1 fully saturated rings.